The lowest BCUT2D eigenvalue weighted by molar-refractivity contribution is -0.447. The monoisotopic (exact) mass is 477 g/mol. The average Bonchev–Trinajstić information content (AvgIpc) is 2.70. The van der Waals surface area contributed by atoms with Gasteiger partial charge in [0, 0.05) is 18.5 Å². The fourth-order valence-electron chi connectivity index (χ4n) is 6.86. The van der Waals surface area contributed by atoms with Crippen molar-refractivity contribution in [3.63, 3.8) is 0 Å². The summed E-state index contributed by atoms with van der Waals surface area (Å²) in [6, 6.07) is 0. The highest BCUT2D eigenvalue weighted by Gasteiger charge is 2.59. The van der Waals surface area contributed by atoms with Crippen LogP contribution in [0.3, 0.4) is 0 Å². The summed E-state index contributed by atoms with van der Waals surface area (Å²) >= 11 is 0.652. The second-order valence-corrected chi connectivity index (χ2v) is 13.4. The normalized spacial score (nSPS) is 34.2. The summed E-state index contributed by atoms with van der Waals surface area (Å²) in [5.41, 5.74) is -0.360. The molecular weight excluding hydrogens is 442 g/mol. The topological polar surface area (TPSA) is 91.4 Å². The van der Waals surface area contributed by atoms with Crippen LogP contribution in [0.1, 0.15) is 65.2 Å². The second-order valence-electron chi connectivity index (χ2n) is 10.5. The summed E-state index contributed by atoms with van der Waals surface area (Å²) in [5, 5.41) is 3.94. The summed E-state index contributed by atoms with van der Waals surface area (Å²) in [4.78, 5) is 17.3. The summed E-state index contributed by atoms with van der Waals surface area (Å²) in [6.45, 7) is 4.84. The third kappa shape index (κ3) is 4.94. The molecule has 0 aromatic rings. The van der Waals surface area contributed by atoms with E-state index < -0.39 is 15.6 Å². The minimum absolute atomic E-state index is 0.114. The first-order valence-corrected chi connectivity index (χ1v) is 13.9. The maximum atomic E-state index is 13.1. The molecule has 1 aliphatic heterocycles. The number of hydrogen-bond acceptors (Lipinski definition) is 8. The van der Waals surface area contributed by atoms with Gasteiger partial charge in [0.05, 0.1) is 25.1 Å². The van der Waals surface area contributed by atoms with E-state index in [2.05, 4.69) is 28.1 Å². The summed E-state index contributed by atoms with van der Waals surface area (Å²) in [7, 11) is -2.23. The predicted molar refractivity (Wildman–Crippen MR) is 116 cm³/mol. The Morgan fingerprint density at radius 1 is 1.06 bits per heavy atom. The van der Waals surface area contributed by atoms with Gasteiger partial charge in [0.1, 0.15) is 10.7 Å². The highest BCUT2D eigenvalue weighted by Crippen LogP contribution is 2.64. The minimum atomic E-state index is -3.50. The van der Waals surface area contributed by atoms with E-state index in [1.165, 1.54) is 49.9 Å². The van der Waals surface area contributed by atoms with E-state index in [0.29, 0.717) is 38.0 Å². The number of sulfonamides is 1. The molecule has 0 N–H and O–H groups in total. The van der Waals surface area contributed by atoms with Gasteiger partial charge in [-0.2, -0.15) is 0 Å². The molecule has 0 aromatic heterocycles. The van der Waals surface area contributed by atoms with Crippen molar-refractivity contribution in [3.8, 4) is 0 Å². The third-order valence-corrected chi connectivity index (χ3v) is 11.1. The first kappa shape index (κ1) is 23.8. The van der Waals surface area contributed by atoms with Crippen LogP contribution in [0.15, 0.2) is 0 Å². The molecule has 10 heteroatoms. The standard InChI is InChI=1S/C21H35NO7S2/c1-20(2,21-11-15-8-16(12-21)10-17(9-15)13-21)27-19(23)18-4-6-22(7-5-18)31(24,25)14-30-29-28-26-3/h15-18H,4-14H2,1-3H3. The zero-order valence-corrected chi connectivity index (χ0v) is 20.3. The van der Waals surface area contributed by atoms with Crippen LogP contribution >= 0.6 is 12.0 Å². The van der Waals surface area contributed by atoms with E-state index >= 15 is 0 Å². The van der Waals surface area contributed by atoms with Crippen molar-refractivity contribution in [2.45, 2.75) is 70.8 Å². The van der Waals surface area contributed by atoms with Gasteiger partial charge in [-0.1, -0.05) is 5.04 Å². The second kappa shape index (κ2) is 9.10. The maximum absolute atomic E-state index is 13.1. The lowest BCUT2D eigenvalue weighted by Crippen LogP contribution is -2.57. The minimum Gasteiger partial charge on any atom is -0.459 e. The Bertz CT molecular complexity index is 726. The van der Waals surface area contributed by atoms with Crippen molar-refractivity contribution in [1.82, 2.24) is 4.31 Å². The van der Waals surface area contributed by atoms with Crippen LogP contribution in [0.4, 0.5) is 0 Å². The van der Waals surface area contributed by atoms with Gasteiger partial charge >= 0.3 is 5.97 Å². The molecule has 1 heterocycles. The first-order chi connectivity index (χ1) is 14.6. The van der Waals surface area contributed by atoms with E-state index in [1.54, 1.807) is 0 Å². The van der Waals surface area contributed by atoms with Crippen molar-refractivity contribution < 1.29 is 32.2 Å². The van der Waals surface area contributed by atoms with Gasteiger partial charge in [-0.05, 0) is 83.0 Å². The van der Waals surface area contributed by atoms with Crippen LogP contribution in [-0.2, 0) is 33.8 Å². The number of hydrogen-bond donors (Lipinski definition) is 0. The Morgan fingerprint density at radius 3 is 2.13 bits per heavy atom. The number of ether oxygens (including phenoxy) is 1. The lowest BCUT2D eigenvalue weighted by Gasteiger charge is -2.61. The van der Waals surface area contributed by atoms with E-state index in [9.17, 15) is 13.2 Å². The van der Waals surface area contributed by atoms with Crippen LogP contribution in [0, 0.1) is 29.1 Å². The molecule has 0 aromatic carbocycles. The average molecular weight is 478 g/mol. The van der Waals surface area contributed by atoms with Gasteiger partial charge in [0.25, 0.3) is 0 Å². The first-order valence-electron chi connectivity index (χ1n) is 11.3. The number of rotatable bonds is 9. The molecule has 5 aliphatic rings. The summed E-state index contributed by atoms with van der Waals surface area (Å²) in [5.74, 6) is 1.99. The van der Waals surface area contributed by atoms with Gasteiger partial charge in [0.2, 0.25) is 10.0 Å². The van der Waals surface area contributed by atoms with Gasteiger partial charge in [0.15, 0.2) is 0 Å². The number of piperidine rings is 1. The molecule has 178 valence electrons. The van der Waals surface area contributed by atoms with Crippen molar-refractivity contribution >= 4 is 28.0 Å². The Balaban J connectivity index is 1.30. The molecule has 0 atom stereocenters. The highest BCUT2D eigenvalue weighted by molar-refractivity contribution is 8.08. The van der Waals surface area contributed by atoms with Crippen molar-refractivity contribution in [1.29, 1.82) is 0 Å². The Labute approximate surface area is 189 Å². The zero-order valence-electron chi connectivity index (χ0n) is 18.7. The van der Waals surface area contributed by atoms with Crippen molar-refractivity contribution in [2.75, 3.05) is 25.3 Å². The van der Waals surface area contributed by atoms with E-state index in [1.807, 2.05) is 0 Å². The largest absolute Gasteiger partial charge is 0.459 e. The van der Waals surface area contributed by atoms with Crippen LogP contribution < -0.4 is 0 Å². The molecule has 0 unspecified atom stereocenters. The van der Waals surface area contributed by atoms with E-state index in [-0.39, 0.29) is 22.4 Å². The van der Waals surface area contributed by atoms with Crippen LogP contribution in [0.2, 0.25) is 0 Å². The molecule has 0 radical (unpaired) electrons. The number of esters is 1. The molecule has 5 rings (SSSR count). The smallest absolute Gasteiger partial charge is 0.309 e. The third-order valence-electron chi connectivity index (χ3n) is 8.19. The van der Waals surface area contributed by atoms with Crippen LogP contribution in [0.25, 0.3) is 0 Å². The fourth-order valence-corrected chi connectivity index (χ4v) is 8.96. The van der Waals surface area contributed by atoms with Crippen LogP contribution in [-0.4, -0.2) is 49.6 Å². The molecule has 8 nitrogen and oxygen atoms in total. The van der Waals surface area contributed by atoms with E-state index in [4.69, 9.17) is 4.74 Å². The van der Waals surface area contributed by atoms with Crippen LogP contribution in [0.5, 0.6) is 0 Å². The summed E-state index contributed by atoms with van der Waals surface area (Å²) < 4.78 is 37.0. The molecule has 5 fully saturated rings. The maximum Gasteiger partial charge on any atom is 0.309 e. The molecule has 31 heavy (non-hydrogen) atoms. The molecule has 1 saturated heterocycles. The number of carbonyl (C=O) groups is 1. The van der Waals surface area contributed by atoms with Gasteiger partial charge in [-0.25, -0.2) is 17.6 Å². The molecule has 0 spiro atoms. The van der Waals surface area contributed by atoms with Gasteiger partial charge in [-0.3, -0.25) is 4.79 Å². The Hall–Kier alpha value is -0.390. The zero-order chi connectivity index (χ0) is 22.3. The predicted octanol–water partition coefficient (Wildman–Crippen LogP) is 3.68. The van der Waals surface area contributed by atoms with Crippen molar-refractivity contribution in [3.05, 3.63) is 0 Å². The molecule has 4 aliphatic carbocycles. The van der Waals surface area contributed by atoms with Gasteiger partial charge in [-0.15, -0.1) is 4.33 Å². The molecule has 0 amide bonds. The number of carbonyl (C=O) groups excluding carboxylic acids is 1. The quantitative estimate of drug-likeness (QED) is 0.163. The molecule has 4 bridgehead atoms. The van der Waals surface area contributed by atoms with Crippen molar-refractivity contribution in [2.24, 2.45) is 29.1 Å². The Morgan fingerprint density at radius 2 is 1.61 bits per heavy atom. The van der Waals surface area contributed by atoms with Gasteiger partial charge < -0.3 is 4.74 Å². The number of nitrogens with zero attached hydrogens (tertiary/aromatic N) is 1. The van der Waals surface area contributed by atoms with E-state index in [0.717, 1.165) is 17.8 Å². The molecule has 4 saturated carbocycles. The Kier molecular flexibility index (Phi) is 6.97. The lowest BCUT2D eigenvalue weighted by atomic mass is 9.46. The molecular formula is C21H35NO7S2. The summed E-state index contributed by atoms with van der Waals surface area (Å²) in [6.07, 6.45) is 8.59. The fraction of sp³-hybridized carbons (Fsp3) is 0.952. The SMILES string of the molecule is COOOSCS(=O)(=O)N1CCC(C(=O)OC(C)(C)C23CC4CC(CC(C4)C2)C3)CC1. The highest BCUT2D eigenvalue weighted by atomic mass is 32.3.